The first-order valence-corrected chi connectivity index (χ1v) is 7.99. The van der Waals surface area contributed by atoms with Gasteiger partial charge in [0.05, 0.1) is 6.10 Å². The lowest BCUT2D eigenvalue weighted by molar-refractivity contribution is 0.0794. The van der Waals surface area contributed by atoms with Gasteiger partial charge in [-0.15, -0.1) is 0 Å². The average Bonchev–Trinajstić information content (AvgIpc) is 3.20. The molecule has 2 amide bonds. The lowest BCUT2D eigenvalue weighted by Gasteiger charge is -2.26. The van der Waals surface area contributed by atoms with E-state index < -0.39 is 0 Å². The van der Waals surface area contributed by atoms with Gasteiger partial charge in [0, 0.05) is 26.2 Å². The first-order valence-electron chi connectivity index (χ1n) is 7.99. The van der Waals surface area contributed by atoms with Gasteiger partial charge < -0.3 is 15.0 Å². The topological polar surface area (TPSA) is 41.6 Å². The Morgan fingerprint density at radius 3 is 2.71 bits per heavy atom. The maximum absolute atomic E-state index is 12.4. The van der Waals surface area contributed by atoms with Crippen molar-refractivity contribution < 1.29 is 9.53 Å². The van der Waals surface area contributed by atoms with E-state index in [9.17, 15) is 4.79 Å². The normalized spacial score (nSPS) is 21.2. The van der Waals surface area contributed by atoms with Gasteiger partial charge in [0.15, 0.2) is 0 Å². The van der Waals surface area contributed by atoms with Gasteiger partial charge in [-0.2, -0.15) is 0 Å². The number of rotatable bonds is 6. The average molecular weight is 288 g/mol. The van der Waals surface area contributed by atoms with Crippen LogP contribution < -0.4 is 5.32 Å². The largest absolute Gasteiger partial charge is 0.376 e. The van der Waals surface area contributed by atoms with Gasteiger partial charge in [0.1, 0.15) is 0 Å². The zero-order valence-corrected chi connectivity index (χ0v) is 12.5. The van der Waals surface area contributed by atoms with E-state index >= 15 is 0 Å². The molecule has 0 bridgehead atoms. The Hall–Kier alpha value is -1.55. The van der Waals surface area contributed by atoms with E-state index in [0.717, 1.165) is 31.6 Å². The number of carbonyl (C=O) groups excluding carboxylic acids is 1. The zero-order valence-electron chi connectivity index (χ0n) is 12.5. The quantitative estimate of drug-likeness (QED) is 0.874. The highest BCUT2D eigenvalue weighted by Crippen LogP contribution is 2.27. The summed E-state index contributed by atoms with van der Waals surface area (Å²) in [6.07, 6.45) is 4.87. The Kier molecular flexibility index (Phi) is 4.76. The summed E-state index contributed by atoms with van der Waals surface area (Å²) < 4.78 is 5.69. The predicted octanol–water partition coefficient (Wildman–Crippen LogP) is 2.79. The molecular formula is C17H24N2O2. The highest BCUT2D eigenvalue weighted by molar-refractivity contribution is 5.74. The Labute approximate surface area is 126 Å². The van der Waals surface area contributed by atoms with Crippen LogP contribution in [0.25, 0.3) is 0 Å². The molecule has 1 saturated heterocycles. The van der Waals surface area contributed by atoms with Crippen LogP contribution in [0.1, 0.15) is 31.2 Å². The molecule has 0 aromatic heterocycles. The van der Waals surface area contributed by atoms with Crippen molar-refractivity contribution in [1.29, 1.82) is 0 Å². The third-order valence-electron chi connectivity index (χ3n) is 4.19. The van der Waals surface area contributed by atoms with Crippen LogP contribution in [0, 0.1) is 5.92 Å². The Morgan fingerprint density at radius 1 is 1.24 bits per heavy atom. The molecule has 1 N–H and O–H groups in total. The molecular weight excluding hydrogens is 264 g/mol. The zero-order chi connectivity index (χ0) is 14.5. The minimum Gasteiger partial charge on any atom is -0.376 e. The highest BCUT2D eigenvalue weighted by atomic mass is 16.5. The summed E-state index contributed by atoms with van der Waals surface area (Å²) in [4.78, 5) is 14.3. The molecule has 21 heavy (non-hydrogen) atoms. The molecule has 1 heterocycles. The smallest absolute Gasteiger partial charge is 0.317 e. The van der Waals surface area contributed by atoms with E-state index in [1.54, 1.807) is 0 Å². The van der Waals surface area contributed by atoms with Crippen LogP contribution in [0.4, 0.5) is 4.79 Å². The summed E-state index contributed by atoms with van der Waals surface area (Å²) in [6, 6.07) is 10.2. The lowest BCUT2D eigenvalue weighted by Crippen LogP contribution is -2.43. The van der Waals surface area contributed by atoms with Crippen LogP contribution in [0.3, 0.4) is 0 Å². The Balaban J connectivity index is 1.59. The first-order chi connectivity index (χ1) is 10.3. The molecule has 1 atom stereocenters. The van der Waals surface area contributed by atoms with E-state index in [1.807, 2.05) is 23.1 Å². The van der Waals surface area contributed by atoms with Gasteiger partial charge in [0.25, 0.3) is 0 Å². The SMILES string of the molecule is O=C(NCC1CC1)N(Cc1ccccc1)CC1CCCO1. The van der Waals surface area contributed by atoms with Crippen molar-refractivity contribution in [3.63, 3.8) is 0 Å². The molecule has 0 radical (unpaired) electrons. The van der Waals surface area contributed by atoms with Crippen molar-refractivity contribution in [1.82, 2.24) is 10.2 Å². The number of ether oxygens (including phenoxy) is 1. The van der Waals surface area contributed by atoms with Gasteiger partial charge in [0.2, 0.25) is 0 Å². The fourth-order valence-electron chi connectivity index (χ4n) is 2.72. The molecule has 0 spiro atoms. The fourth-order valence-corrected chi connectivity index (χ4v) is 2.72. The van der Waals surface area contributed by atoms with E-state index in [1.165, 1.54) is 12.8 Å². The molecule has 3 rings (SSSR count). The van der Waals surface area contributed by atoms with Crippen molar-refractivity contribution in [2.75, 3.05) is 19.7 Å². The van der Waals surface area contributed by atoms with E-state index in [4.69, 9.17) is 4.74 Å². The molecule has 1 aromatic rings. The second-order valence-corrected chi connectivity index (χ2v) is 6.13. The monoisotopic (exact) mass is 288 g/mol. The van der Waals surface area contributed by atoms with Crippen LogP contribution in [0.2, 0.25) is 0 Å². The second kappa shape index (κ2) is 6.94. The minimum absolute atomic E-state index is 0.0428. The van der Waals surface area contributed by atoms with Crippen molar-refractivity contribution >= 4 is 6.03 Å². The van der Waals surface area contributed by atoms with Crippen molar-refractivity contribution in [3.8, 4) is 0 Å². The third kappa shape index (κ3) is 4.46. The number of hydrogen-bond donors (Lipinski definition) is 1. The first kappa shape index (κ1) is 14.4. The Morgan fingerprint density at radius 2 is 2.05 bits per heavy atom. The molecule has 1 aliphatic heterocycles. The van der Waals surface area contributed by atoms with Gasteiger partial charge in [-0.25, -0.2) is 4.79 Å². The van der Waals surface area contributed by atoms with Crippen LogP contribution in [-0.4, -0.2) is 36.7 Å². The maximum Gasteiger partial charge on any atom is 0.317 e. The van der Waals surface area contributed by atoms with Gasteiger partial charge in [-0.3, -0.25) is 0 Å². The van der Waals surface area contributed by atoms with Crippen LogP contribution in [0.5, 0.6) is 0 Å². The lowest BCUT2D eigenvalue weighted by atomic mass is 10.2. The number of carbonyl (C=O) groups is 1. The Bertz CT molecular complexity index is 453. The molecule has 1 aromatic carbocycles. The predicted molar refractivity (Wildman–Crippen MR) is 81.9 cm³/mol. The summed E-state index contributed by atoms with van der Waals surface area (Å²) in [7, 11) is 0. The number of benzene rings is 1. The van der Waals surface area contributed by atoms with Crippen molar-refractivity contribution in [2.45, 2.75) is 38.3 Å². The van der Waals surface area contributed by atoms with E-state index in [2.05, 4.69) is 17.4 Å². The number of nitrogens with one attached hydrogen (secondary N) is 1. The third-order valence-corrected chi connectivity index (χ3v) is 4.19. The maximum atomic E-state index is 12.4. The minimum atomic E-state index is 0.0428. The summed E-state index contributed by atoms with van der Waals surface area (Å²) >= 11 is 0. The molecule has 2 aliphatic rings. The molecule has 1 unspecified atom stereocenters. The summed E-state index contributed by atoms with van der Waals surface area (Å²) in [6.45, 7) is 2.98. The molecule has 4 heteroatoms. The number of amides is 2. The summed E-state index contributed by atoms with van der Waals surface area (Å²) in [5.74, 6) is 0.704. The van der Waals surface area contributed by atoms with E-state index in [0.29, 0.717) is 19.0 Å². The standard InChI is InChI=1S/C17H24N2O2/c20-17(18-11-14-8-9-14)19(13-16-7-4-10-21-16)12-15-5-2-1-3-6-15/h1-3,5-6,14,16H,4,7-13H2,(H,18,20). The number of nitrogens with zero attached hydrogens (tertiary/aromatic N) is 1. The van der Waals surface area contributed by atoms with E-state index in [-0.39, 0.29) is 12.1 Å². The second-order valence-electron chi connectivity index (χ2n) is 6.13. The number of hydrogen-bond acceptors (Lipinski definition) is 2. The van der Waals surface area contributed by atoms with Gasteiger partial charge >= 0.3 is 6.03 Å². The van der Waals surface area contributed by atoms with Gasteiger partial charge in [-0.1, -0.05) is 30.3 Å². The molecule has 1 saturated carbocycles. The number of urea groups is 1. The molecule has 2 fully saturated rings. The highest BCUT2D eigenvalue weighted by Gasteiger charge is 2.25. The molecule has 4 nitrogen and oxygen atoms in total. The summed E-state index contributed by atoms with van der Waals surface area (Å²) in [5.41, 5.74) is 1.16. The molecule has 114 valence electrons. The van der Waals surface area contributed by atoms with Crippen molar-refractivity contribution in [2.24, 2.45) is 5.92 Å². The fraction of sp³-hybridized carbons (Fsp3) is 0.588. The van der Waals surface area contributed by atoms with Gasteiger partial charge in [-0.05, 0) is 37.2 Å². The van der Waals surface area contributed by atoms with Crippen LogP contribution in [0.15, 0.2) is 30.3 Å². The van der Waals surface area contributed by atoms with Crippen molar-refractivity contribution in [3.05, 3.63) is 35.9 Å². The summed E-state index contributed by atoms with van der Waals surface area (Å²) in [5, 5.41) is 3.07. The van der Waals surface area contributed by atoms with Crippen LogP contribution in [-0.2, 0) is 11.3 Å². The molecule has 1 aliphatic carbocycles. The van der Waals surface area contributed by atoms with Crippen LogP contribution >= 0.6 is 0 Å².